The van der Waals surface area contributed by atoms with Crippen LogP contribution in [0.3, 0.4) is 0 Å². The van der Waals surface area contributed by atoms with Crippen LogP contribution in [0.25, 0.3) is 17.3 Å². The summed E-state index contributed by atoms with van der Waals surface area (Å²) in [7, 11) is 0. The van der Waals surface area contributed by atoms with Crippen molar-refractivity contribution in [3.63, 3.8) is 0 Å². The van der Waals surface area contributed by atoms with E-state index in [0.29, 0.717) is 33.2 Å². The van der Waals surface area contributed by atoms with Crippen LogP contribution >= 0.6 is 23.1 Å². The van der Waals surface area contributed by atoms with Crippen LogP contribution in [0.15, 0.2) is 119 Å². The molecule has 0 aliphatic carbocycles. The van der Waals surface area contributed by atoms with E-state index >= 15 is 0 Å². The van der Waals surface area contributed by atoms with Gasteiger partial charge in [-0.25, -0.2) is 4.98 Å². The highest BCUT2D eigenvalue weighted by atomic mass is 32.2. The third-order valence-corrected chi connectivity index (χ3v) is 7.88. The van der Waals surface area contributed by atoms with E-state index in [4.69, 9.17) is 0 Å². The molecule has 0 radical (unpaired) electrons. The number of rotatable bonds is 11. The molecular weight excluding hydrogens is 613 g/mol. The maximum atomic E-state index is 13.2. The summed E-state index contributed by atoms with van der Waals surface area (Å²) in [5, 5.41) is 21.4. The highest BCUT2D eigenvalue weighted by Gasteiger charge is 2.16. The summed E-state index contributed by atoms with van der Waals surface area (Å²) in [4.78, 5) is 58.3. The van der Waals surface area contributed by atoms with E-state index in [9.17, 15) is 24.5 Å². The normalized spacial score (nSPS) is 11.0. The number of nitrogens with one attached hydrogen (secondary N) is 3. The summed E-state index contributed by atoms with van der Waals surface area (Å²) >= 11 is 2.52. The van der Waals surface area contributed by atoms with Gasteiger partial charge in [-0.05, 0) is 54.1 Å². The Balaban J connectivity index is 1.17. The van der Waals surface area contributed by atoms with E-state index in [1.807, 2.05) is 0 Å². The van der Waals surface area contributed by atoms with Gasteiger partial charge in [0.15, 0.2) is 5.13 Å². The van der Waals surface area contributed by atoms with Crippen LogP contribution in [0.4, 0.5) is 16.5 Å². The Morgan fingerprint density at radius 1 is 0.933 bits per heavy atom. The molecule has 45 heavy (non-hydrogen) atoms. The number of amides is 3. The average Bonchev–Trinajstić information content (AvgIpc) is 3.53. The molecule has 0 aliphatic rings. The summed E-state index contributed by atoms with van der Waals surface area (Å²) in [5.74, 6) is -1.10. The molecular formula is C32H24N6O5S2. The van der Waals surface area contributed by atoms with E-state index in [1.54, 1.807) is 103 Å². The van der Waals surface area contributed by atoms with Gasteiger partial charge in [0.1, 0.15) is 5.70 Å². The summed E-state index contributed by atoms with van der Waals surface area (Å²) in [6, 6.07) is 25.1. The highest BCUT2D eigenvalue weighted by Crippen LogP contribution is 2.28. The van der Waals surface area contributed by atoms with Crippen molar-refractivity contribution in [2.45, 2.75) is 4.90 Å². The molecule has 11 nitrogen and oxygen atoms in total. The van der Waals surface area contributed by atoms with Crippen LogP contribution in [-0.2, 0) is 9.59 Å². The minimum atomic E-state index is -0.518. The number of nitro groups is 1. The zero-order valence-corrected chi connectivity index (χ0v) is 25.0. The van der Waals surface area contributed by atoms with Gasteiger partial charge < -0.3 is 16.0 Å². The number of nitro benzene ring substituents is 1. The van der Waals surface area contributed by atoms with Gasteiger partial charge in [0, 0.05) is 51.6 Å². The predicted octanol–water partition coefficient (Wildman–Crippen LogP) is 6.25. The fourth-order valence-electron chi connectivity index (χ4n) is 3.95. The van der Waals surface area contributed by atoms with Gasteiger partial charge >= 0.3 is 0 Å². The Morgan fingerprint density at radius 2 is 1.73 bits per heavy atom. The van der Waals surface area contributed by atoms with Gasteiger partial charge in [0.25, 0.3) is 17.5 Å². The lowest BCUT2D eigenvalue weighted by atomic mass is 10.1. The average molecular weight is 637 g/mol. The Hall–Kier alpha value is -5.66. The van der Waals surface area contributed by atoms with Crippen molar-refractivity contribution in [3.05, 3.63) is 136 Å². The first-order chi connectivity index (χ1) is 21.8. The summed E-state index contributed by atoms with van der Waals surface area (Å²) in [6.07, 6.45) is 4.73. The Morgan fingerprint density at radius 3 is 2.47 bits per heavy atom. The van der Waals surface area contributed by atoms with E-state index < -0.39 is 16.7 Å². The van der Waals surface area contributed by atoms with Crippen molar-refractivity contribution in [1.82, 2.24) is 15.3 Å². The molecule has 2 aromatic heterocycles. The lowest BCUT2D eigenvalue weighted by Gasteiger charge is -2.12. The van der Waals surface area contributed by atoms with Crippen LogP contribution in [0.1, 0.15) is 15.9 Å². The molecule has 0 unspecified atom stereocenters. The van der Waals surface area contributed by atoms with E-state index in [2.05, 4.69) is 25.9 Å². The largest absolute Gasteiger partial charge is 0.321 e. The molecule has 3 amide bonds. The third-order valence-electron chi connectivity index (χ3n) is 6.11. The molecule has 5 aromatic rings. The fourth-order valence-corrected chi connectivity index (χ4v) is 5.38. The van der Waals surface area contributed by atoms with Gasteiger partial charge in [0.2, 0.25) is 5.91 Å². The van der Waals surface area contributed by atoms with Gasteiger partial charge in [-0.1, -0.05) is 36.4 Å². The number of anilines is 2. The summed E-state index contributed by atoms with van der Waals surface area (Å²) in [5.41, 5.74) is 2.66. The van der Waals surface area contributed by atoms with Crippen molar-refractivity contribution >= 4 is 63.4 Å². The van der Waals surface area contributed by atoms with Gasteiger partial charge in [0.05, 0.1) is 16.4 Å². The second-order valence-electron chi connectivity index (χ2n) is 9.33. The number of thiazole rings is 1. The lowest BCUT2D eigenvalue weighted by molar-refractivity contribution is -0.384. The summed E-state index contributed by atoms with van der Waals surface area (Å²) < 4.78 is 0. The van der Waals surface area contributed by atoms with E-state index in [0.717, 1.165) is 4.90 Å². The molecule has 0 fully saturated rings. The van der Waals surface area contributed by atoms with E-state index in [1.165, 1.54) is 35.2 Å². The molecule has 13 heteroatoms. The number of non-ortho nitro benzene ring substituents is 1. The Kier molecular flexibility index (Phi) is 10.0. The minimum absolute atomic E-state index is 0.0375. The minimum Gasteiger partial charge on any atom is -0.321 e. The molecule has 0 saturated heterocycles. The molecule has 0 bridgehead atoms. The molecule has 5 rings (SSSR count). The van der Waals surface area contributed by atoms with Crippen LogP contribution in [0, 0.1) is 10.1 Å². The van der Waals surface area contributed by atoms with Crippen molar-refractivity contribution in [2.75, 3.05) is 16.4 Å². The first-order valence-electron chi connectivity index (χ1n) is 13.4. The lowest BCUT2D eigenvalue weighted by Crippen LogP contribution is -2.30. The number of nitrogens with zero attached hydrogens (tertiary/aromatic N) is 3. The fraction of sp³-hybridized carbons (Fsp3) is 0.0312. The number of pyridine rings is 1. The second-order valence-corrected chi connectivity index (χ2v) is 11.2. The molecule has 3 N–H and O–H groups in total. The molecule has 0 saturated carbocycles. The van der Waals surface area contributed by atoms with Crippen LogP contribution in [-0.4, -0.2) is 38.4 Å². The molecule has 2 heterocycles. The third kappa shape index (κ3) is 8.69. The van der Waals surface area contributed by atoms with Crippen molar-refractivity contribution < 1.29 is 19.3 Å². The number of benzene rings is 3. The number of thioether (sulfide) groups is 1. The second kappa shape index (κ2) is 14.7. The molecule has 224 valence electrons. The molecule has 0 aliphatic heterocycles. The van der Waals surface area contributed by atoms with Gasteiger partial charge in [-0.2, -0.15) is 0 Å². The Bertz CT molecular complexity index is 1860. The van der Waals surface area contributed by atoms with Gasteiger partial charge in [-0.3, -0.25) is 29.5 Å². The highest BCUT2D eigenvalue weighted by molar-refractivity contribution is 8.00. The molecule has 0 spiro atoms. The van der Waals surface area contributed by atoms with Crippen molar-refractivity contribution in [3.8, 4) is 11.3 Å². The topological polar surface area (TPSA) is 156 Å². The maximum Gasteiger partial charge on any atom is 0.272 e. The smallest absolute Gasteiger partial charge is 0.272 e. The number of hydrogen-bond acceptors (Lipinski definition) is 9. The van der Waals surface area contributed by atoms with Crippen LogP contribution in [0.2, 0.25) is 0 Å². The monoisotopic (exact) mass is 636 g/mol. The Labute approximate surface area is 265 Å². The van der Waals surface area contributed by atoms with Gasteiger partial charge in [-0.15, -0.1) is 23.1 Å². The first kappa shape index (κ1) is 30.8. The number of carbonyl (C=O) groups is 3. The van der Waals surface area contributed by atoms with Crippen molar-refractivity contribution in [2.24, 2.45) is 0 Å². The van der Waals surface area contributed by atoms with E-state index in [-0.39, 0.29) is 23.0 Å². The summed E-state index contributed by atoms with van der Waals surface area (Å²) in [6.45, 7) is 0. The molecule has 0 atom stereocenters. The number of hydrogen-bond donors (Lipinski definition) is 3. The quantitative estimate of drug-likeness (QED) is 0.0664. The predicted molar refractivity (Wildman–Crippen MR) is 175 cm³/mol. The standard InChI is InChI=1S/C32H24N6O5S2/c39-29(37-32-36-28(19-45-32)23-9-4-10-25(17-23)38(42)43)20-44-26-13-11-24(12-14-26)34-31(41)27(16-21-6-5-15-33-18-21)35-30(40)22-7-2-1-3-8-22/h1-19H,20H2,(H,34,41)(H,35,40)(H,36,37,39)/b27-16-. The van der Waals surface area contributed by atoms with Crippen LogP contribution in [0.5, 0.6) is 0 Å². The zero-order valence-electron chi connectivity index (χ0n) is 23.4. The zero-order chi connectivity index (χ0) is 31.6. The first-order valence-corrected chi connectivity index (χ1v) is 15.2. The number of carbonyl (C=O) groups excluding carboxylic acids is 3. The van der Waals surface area contributed by atoms with Crippen molar-refractivity contribution in [1.29, 1.82) is 0 Å². The SMILES string of the molecule is O=C(CSc1ccc(NC(=O)/C(=C/c2cccnc2)NC(=O)c2ccccc2)cc1)Nc1nc(-c2cccc([N+](=O)[O-])c2)cs1. The maximum absolute atomic E-state index is 13.2. The molecule has 3 aromatic carbocycles. The number of aromatic nitrogens is 2. The van der Waals surface area contributed by atoms with Crippen LogP contribution < -0.4 is 16.0 Å².